The molecule has 0 bridgehead atoms. The van der Waals surface area contributed by atoms with Gasteiger partial charge in [0, 0.05) is 18.0 Å². The molecule has 2 aromatic heterocycles. The first-order valence-corrected chi connectivity index (χ1v) is 10.6. The third kappa shape index (κ3) is 3.78. The highest BCUT2D eigenvalue weighted by molar-refractivity contribution is 5.86. The number of nitrogens with one attached hydrogen (secondary N) is 1. The summed E-state index contributed by atoms with van der Waals surface area (Å²) in [6.45, 7) is 12.1. The van der Waals surface area contributed by atoms with Crippen LogP contribution in [0.15, 0.2) is 67.1 Å². The van der Waals surface area contributed by atoms with Crippen LogP contribution in [0.4, 0.5) is 5.69 Å². The second-order valence-electron chi connectivity index (χ2n) is 8.11. The lowest BCUT2D eigenvalue weighted by Gasteiger charge is -2.18. The molecule has 0 amide bonds. The van der Waals surface area contributed by atoms with E-state index in [1.807, 2.05) is 36.8 Å². The number of hydrogen-bond acceptors (Lipinski definition) is 3. The summed E-state index contributed by atoms with van der Waals surface area (Å²) in [5.41, 5.74) is 7.11. The molecule has 5 heteroatoms. The molecular weight excluding hydrogens is 384 g/mol. The van der Waals surface area contributed by atoms with Crippen LogP contribution in [-0.4, -0.2) is 29.1 Å². The molecule has 1 atom stereocenters. The molecular formula is C26H24N4O. The third-order valence-electron chi connectivity index (χ3n) is 5.93. The van der Waals surface area contributed by atoms with Crippen molar-refractivity contribution in [1.82, 2.24) is 14.7 Å². The molecule has 1 fully saturated rings. The Morgan fingerprint density at radius 2 is 1.90 bits per heavy atom. The minimum absolute atomic E-state index is 0.529. The van der Waals surface area contributed by atoms with Crippen molar-refractivity contribution in [1.29, 1.82) is 0 Å². The lowest BCUT2D eigenvalue weighted by molar-refractivity contribution is 0.262. The molecule has 1 saturated heterocycles. The molecule has 1 N–H and O–H groups in total. The van der Waals surface area contributed by atoms with Crippen molar-refractivity contribution >= 4 is 11.2 Å². The highest BCUT2D eigenvalue weighted by Crippen LogP contribution is 2.38. The van der Waals surface area contributed by atoms with Gasteiger partial charge in [0.25, 0.3) is 0 Å². The van der Waals surface area contributed by atoms with E-state index in [1.165, 1.54) is 5.56 Å². The van der Waals surface area contributed by atoms with E-state index in [-0.39, 0.29) is 0 Å². The Morgan fingerprint density at radius 3 is 2.61 bits per heavy atom. The van der Waals surface area contributed by atoms with Gasteiger partial charge in [-0.2, -0.15) is 0 Å². The topological polar surface area (TPSA) is 42.9 Å². The largest absolute Gasteiger partial charge is 0.491 e. The van der Waals surface area contributed by atoms with Gasteiger partial charge in [-0.3, -0.25) is 4.40 Å². The Morgan fingerprint density at radius 1 is 1.13 bits per heavy atom. The van der Waals surface area contributed by atoms with Gasteiger partial charge in [0.15, 0.2) is 5.69 Å². The second-order valence-corrected chi connectivity index (χ2v) is 8.11. The van der Waals surface area contributed by atoms with E-state index < -0.39 is 0 Å². The van der Waals surface area contributed by atoms with Crippen LogP contribution in [0.25, 0.3) is 32.7 Å². The van der Waals surface area contributed by atoms with Gasteiger partial charge in [0.05, 0.1) is 31.4 Å². The fraction of sp³-hybridized carbons (Fsp3) is 0.231. The first kappa shape index (κ1) is 19.3. The number of ether oxygens (including phenoxy) is 1. The number of hydrogen-bond donors (Lipinski definition) is 1. The number of nitrogens with zero attached hydrogens (tertiary/aromatic N) is 3. The zero-order valence-corrected chi connectivity index (χ0v) is 17.5. The minimum atomic E-state index is 0.529. The number of aryl methyl sites for hydroxylation is 1. The molecule has 0 aliphatic carbocycles. The van der Waals surface area contributed by atoms with Crippen LogP contribution in [0.3, 0.4) is 0 Å². The molecule has 5 nitrogen and oxygen atoms in total. The maximum Gasteiger partial charge on any atom is 0.187 e. The van der Waals surface area contributed by atoms with Crippen molar-refractivity contribution in [2.45, 2.75) is 13.3 Å². The Labute approximate surface area is 182 Å². The molecule has 5 rings (SSSR count). The number of benzene rings is 2. The Balaban J connectivity index is 1.67. The summed E-state index contributed by atoms with van der Waals surface area (Å²) in [5, 5.41) is 3.40. The van der Waals surface area contributed by atoms with E-state index in [9.17, 15) is 0 Å². The minimum Gasteiger partial charge on any atom is -0.491 e. The van der Waals surface area contributed by atoms with Crippen molar-refractivity contribution < 1.29 is 4.74 Å². The van der Waals surface area contributed by atoms with Gasteiger partial charge < -0.3 is 10.1 Å². The van der Waals surface area contributed by atoms with Crippen molar-refractivity contribution in [2.24, 2.45) is 5.92 Å². The zero-order chi connectivity index (χ0) is 21.2. The maximum absolute atomic E-state index is 7.26. The second kappa shape index (κ2) is 8.25. The van der Waals surface area contributed by atoms with Crippen LogP contribution < -0.4 is 10.1 Å². The highest BCUT2D eigenvalue weighted by Gasteiger charge is 2.19. The van der Waals surface area contributed by atoms with E-state index in [4.69, 9.17) is 11.3 Å². The first-order chi connectivity index (χ1) is 15.2. The van der Waals surface area contributed by atoms with Gasteiger partial charge in [-0.1, -0.05) is 54.1 Å². The monoisotopic (exact) mass is 408 g/mol. The fourth-order valence-electron chi connectivity index (χ4n) is 4.18. The van der Waals surface area contributed by atoms with Crippen LogP contribution in [0, 0.1) is 19.4 Å². The standard InChI is InChI=1S/C26H24N4O/c1-18-3-5-21(6-4-18)26-23(20-7-9-22(27-2)10-8-20)13-25(24-15-29-17-30(24)26)31-16-19-11-12-28-14-19/h3-10,13,15,17,19,28H,11-12,14,16H2,1H3/t19-/m1/s1. The number of rotatable bonds is 5. The lowest BCUT2D eigenvalue weighted by Crippen LogP contribution is -2.15. The molecule has 2 aromatic carbocycles. The predicted octanol–water partition coefficient (Wildman–Crippen LogP) is 5.52. The van der Waals surface area contributed by atoms with Crippen molar-refractivity contribution in [3.05, 3.63) is 84.1 Å². The van der Waals surface area contributed by atoms with Crippen molar-refractivity contribution in [3.63, 3.8) is 0 Å². The van der Waals surface area contributed by atoms with Gasteiger partial charge in [0.2, 0.25) is 0 Å². The predicted molar refractivity (Wildman–Crippen MR) is 124 cm³/mol. The molecule has 0 radical (unpaired) electrons. The molecule has 4 aromatic rings. The normalized spacial score (nSPS) is 15.8. The van der Waals surface area contributed by atoms with Gasteiger partial charge in [-0.05, 0) is 37.1 Å². The van der Waals surface area contributed by atoms with E-state index in [0.29, 0.717) is 18.2 Å². The molecule has 0 unspecified atom stereocenters. The van der Waals surface area contributed by atoms with Crippen molar-refractivity contribution in [3.8, 4) is 28.1 Å². The van der Waals surface area contributed by atoms with Crippen LogP contribution >= 0.6 is 0 Å². The van der Waals surface area contributed by atoms with Gasteiger partial charge >= 0.3 is 0 Å². The number of imidazole rings is 1. The van der Waals surface area contributed by atoms with E-state index in [2.05, 4.69) is 56.8 Å². The molecule has 154 valence electrons. The molecule has 3 heterocycles. The van der Waals surface area contributed by atoms with E-state index in [1.54, 1.807) is 0 Å². The third-order valence-corrected chi connectivity index (χ3v) is 5.93. The molecule has 1 aliphatic rings. The van der Waals surface area contributed by atoms with Crippen molar-refractivity contribution in [2.75, 3.05) is 19.7 Å². The average molecular weight is 409 g/mol. The van der Waals surface area contributed by atoms with Gasteiger partial charge in [-0.15, -0.1) is 0 Å². The summed E-state index contributed by atoms with van der Waals surface area (Å²) in [7, 11) is 0. The fourth-order valence-corrected chi connectivity index (χ4v) is 4.18. The molecule has 31 heavy (non-hydrogen) atoms. The summed E-state index contributed by atoms with van der Waals surface area (Å²) in [6, 6.07) is 18.4. The molecule has 1 aliphatic heterocycles. The van der Waals surface area contributed by atoms with Crippen LogP contribution in [-0.2, 0) is 0 Å². The van der Waals surface area contributed by atoms with Gasteiger partial charge in [0.1, 0.15) is 11.3 Å². The van der Waals surface area contributed by atoms with Crippen LogP contribution in [0.1, 0.15) is 12.0 Å². The maximum atomic E-state index is 7.26. The smallest absolute Gasteiger partial charge is 0.187 e. The highest BCUT2D eigenvalue weighted by atomic mass is 16.5. The first-order valence-electron chi connectivity index (χ1n) is 10.6. The van der Waals surface area contributed by atoms with Crippen LogP contribution in [0.2, 0.25) is 0 Å². The van der Waals surface area contributed by atoms with E-state index in [0.717, 1.165) is 53.2 Å². The van der Waals surface area contributed by atoms with Gasteiger partial charge in [-0.25, -0.2) is 9.83 Å². The zero-order valence-electron chi connectivity index (χ0n) is 17.5. The number of pyridine rings is 1. The summed E-state index contributed by atoms with van der Waals surface area (Å²) >= 11 is 0. The molecule has 0 saturated carbocycles. The Kier molecular flexibility index (Phi) is 5.15. The summed E-state index contributed by atoms with van der Waals surface area (Å²) in [6.07, 6.45) is 4.86. The lowest BCUT2D eigenvalue weighted by atomic mass is 9.97. The Bertz CT molecular complexity index is 1240. The Hall–Kier alpha value is -3.62. The SMILES string of the molecule is [C-]#[N+]c1ccc(-c2cc(OC[C@@H]3CCNC3)c3cncn3c2-c2ccc(C)cc2)cc1. The average Bonchev–Trinajstić information content (AvgIpc) is 3.50. The number of fused-ring (bicyclic) bond motifs is 1. The molecule has 0 spiro atoms. The summed E-state index contributed by atoms with van der Waals surface area (Å²) < 4.78 is 8.45. The summed E-state index contributed by atoms with van der Waals surface area (Å²) in [4.78, 5) is 7.97. The number of aromatic nitrogens is 2. The summed E-state index contributed by atoms with van der Waals surface area (Å²) in [5.74, 6) is 1.37. The quantitative estimate of drug-likeness (QED) is 0.443. The van der Waals surface area contributed by atoms with Crippen LogP contribution in [0.5, 0.6) is 5.75 Å². The van der Waals surface area contributed by atoms with E-state index >= 15 is 0 Å².